The zero-order chi connectivity index (χ0) is 33.5. The summed E-state index contributed by atoms with van der Waals surface area (Å²) in [6, 6.07) is 6.24. The predicted octanol–water partition coefficient (Wildman–Crippen LogP) is 9.00. The highest BCUT2D eigenvalue weighted by atomic mass is 35.5. The SMILES string of the molecule is CC1(C)CC[C@]2(CC(=O)NC(Cc3cccc(Cl)c3)C(=O)O)CC[C@]3(C)C(=CC[C@@H]4[C@@]5(C)CC[C@H](O)C(C)(C)[C@@H]5CC[C@]43C)[C@@H]2C1. The number of hydrogen-bond donors (Lipinski definition) is 3. The molecular formula is C40H58ClNO4. The van der Waals surface area contributed by atoms with E-state index in [0.29, 0.717) is 29.2 Å². The monoisotopic (exact) mass is 651 g/mol. The first-order valence-corrected chi connectivity index (χ1v) is 18.4. The second-order valence-corrected chi connectivity index (χ2v) is 18.9. The molecule has 0 radical (unpaired) electrons. The number of carbonyl (C=O) groups is 2. The van der Waals surface area contributed by atoms with Crippen LogP contribution in [0.4, 0.5) is 0 Å². The van der Waals surface area contributed by atoms with E-state index in [0.717, 1.165) is 56.9 Å². The van der Waals surface area contributed by atoms with Gasteiger partial charge in [0.05, 0.1) is 6.10 Å². The van der Waals surface area contributed by atoms with Gasteiger partial charge in [-0.1, -0.05) is 83.8 Å². The van der Waals surface area contributed by atoms with Crippen molar-refractivity contribution in [3.8, 4) is 0 Å². The Hall–Kier alpha value is -1.85. The fourth-order valence-corrected chi connectivity index (χ4v) is 12.5. The smallest absolute Gasteiger partial charge is 0.326 e. The summed E-state index contributed by atoms with van der Waals surface area (Å²) in [5.74, 6) is 0.271. The van der Waals surface area contributed by atoms with Crippen molar-refractivity contribution in [1.29, 1.82) is 0 Å². The molecule has 9 atom stereocenters. The average Bonchev–Trinajstić information content (AvgIpc) is 2.96. The van der Waals surface area contributed by atoms with Crippen LogP contribution in [0, 0.1) is 50.2 Å². The zero-order valence-corrected chi connectivity index (χ0v) is 30.1. The first kappa shape index (κ1) is 34.0. The molecule has 5 nitrogen and oxygen atoms in total. The summed E-state index contributed by atoms with van der Waals surface area (Å²) < 4.78 is 0. The summed E-state index contributed by atoms with van der Waals surface area (Å²) in [6.07, 6.45) is 13.7. The van der Waals surface area contributed by atoms with Crippen molar-refractivity contribution in [2.45, 2.75) is 138 Å². The van der Waals surface area contributed by atoms with E-state index in [-0.39, 0.29) is 50.9 Å². The Bertz CT molecular complexity index is 1420. The number of carboxylic acid groups (broad SMARTS) is 1. The fraction of sp³-hybridized carbons (Fsp3) is 0.750. The molecule has 5 aliphatic rings. The van der Waals surface area contributed by atoms with Crippen molar-refractivity contribution in [1.82, 2.24) is 5.32 Å². The van der Waals surface area contributed by atoms with Gasteiger partial charge in [0.1, 0.15) is 6.04 Å². The number of nitrogens with one attached hydrogen (secondary N) is 1. The Labute approximate surface area is 282 Å². The molecule has 0 saturated heterocycles. The summed E-state index contributed by atoms with van der Waals surface area (Å²) in [5, 5.41) is 24.6. The molecule has 1 unspecified atom stereocenters. The second-order valence-electron chi connectivity index (χ2n) is 18.4. The van der Waals surface area contributed by atoms with Crippen molar-refractivity contribution < 1.29 is 19.8 Å². The van der Waals surface area contributed by atoms with E-state index in [9.17, 15) is 19.8 Å². The maximum atomic E-state index is 13.9. The van der Waals surface area contributed by atoms with Crippen molar-refractivity contribution >= 4 is 23.5 Å². The van der Waals surface area contributed by atoms with E-state index in [1.54, 1.807) is 17.7 Å². The van der Waals surface area contributed by atoms with Gasteiger partial charge in [0.25, 0.3) is 0 Å². The lowest BCUT2D eigenvalue weighted by atomic mass is 9.33. The first-order valence-electron chi connectivity index (χ1n) is 18.0. The maximum absolute atomic E-state index is 13.9. The molecule has 1 aromatic carbocycles. The van der Waals surface area contributed by atoms with Crippen LogP contribution < -0.4 is 5.32 Å². The Balaban J connectivity index is 1.30. The second kappa shape index (κ2) is 11.4. The number of benzene rings is 1. The van der Waals surface area contributed by atoms with Crippen LogP contribution in [0.15, 0.2) is 35.9 Å². The molecule has 0 aliphatic heterocycles. The molecule has 4 saturated carbocycles. The molecule has 1 aromatic rings. The third-order valence-electron chi connectivity index (χ3n) is 15.3. The molecular weight excluding hydrogens is 594 g/mol. The molecule has 4 fully saturated rings. The summed E-state index contributed by atoms with van der Waals surface area (Å²) in [7, 11) is 0. The number of aliphatic hydroxyl groups excluding tert-OH is 1. The summed E-state index contributed by atoms with van der Waals surface area (Å²) in [6.45, 7) is 17.1. The lowest BCUT2D eigenvalue weighted by Crippen LogP contribution is -2.64. The fourth-order valence-electron chi connectivity index (χ4n) is 12.3. The Morgan fingerprint density at radius 2 is 1.67 bits per heavy atom. The van der Waals surface area contributed by atoms with E-state index in [4.69, 9.17) is 11.6 Å². The predicted molar refractivity (Wildman–Crippen MR) is 184 cm³/mol. The van der Waals surface area contributed by atoms with Gasteiger partial charge in [-0.2, -0.15) is 0 Å². The lowest BCUT2D eigenvalue weighted by Gasteiger charge is -2.71. The number of aliphatic carboxylic acids is 1. The van der Waals surface area contributed by atoms with Gasteiger partial charge in [-0.05, 0) is 132 Å². The van der Waals surface area contributed by atoms with Crippen LogP contribution in [0.3, 0.4) is 0 Å². The number of fused-ring (bicyclic) bond motifs is 7. The molecule has 0 bridgehead atoms. The van der Waals surface area contributed by atoms with Crippen molar-refractivity contribution in [3.63, 3.8) is 0 Å². The van der Waals surface area contributed by atoms with Gasteiger partial charge >= 0.3 is 5.97 Å². The number of carboxylic acids is 1. The molecule has 0 aromatic heterocycles. The molecule has 254 valence electrons. The Morgan fingerprint density at radius 1 is 0.957 bits per heavy atom. The highest BCUT2D eigenvalue weighted by Crippen LogP contribution is 2.76. The molecule has 6 heteroatoms. The largest absolute Gasteiger partial charge is 0.480 e. The van der Waals surface area contributed by atoms with Crippen LogP contribution in [0.1, 0.15) is 125 Å². The van der Waals surface area contributed by atoms with Crippen LogP contribution in [0.5, 0.6) is 0 Å². The maximum Gasteiger partial charge on any atom is 0.326 e. The summed E-state index contributed by atoms with van der Waals surface area (Å²) >= 11 is 6.17. The molecule has 1 amide bonds. The van der Waals surface area contributed by atoms with Crippen molar-refractivity contribution in [2.24, 2.45) is 50.2 Å². The summed E-state index contributed by atoms with van der Waals surface area (Å²) in [4.78, 5) is 26.2. The molecule has 5 aliphatic carbocycles. The number of aliphatic hydroxyl groups is 1. The summed E-state index contributed by atoms with van der Waals surface area (Å²) in [5.41, 5.74) is 2.83. The minimum Gasteiger partial charge on any atom is -0.480 e. The van der Waals surface area contributed by atoms with Crippen LogP contribution in [-0.2, 0) is 16.0 Å². The molecule has 46 heavy (non-hydrogen) atoms. The standard InChI is InChI=1S/C40H58ClNO4/c1-35(2)17-19-40(24-33(44)42-29(34(45)46)22-25-9-8-10-26(41)21-25)20-18-38(6)27(28(40)23-35)11-12-31-37(5)15-14-32(43)36(3,4)30(37)13-16-39(31,38)7/h8-11,21,28-32,43H,12-20,22-24H2,1-7H3,(H,42,44)(H,45,46)/t28-,29?,30-,31+,32-,37-,38+,39+,40+/m0/s1. The minimum absolute atomic E-state index is 0.0672. The number of carbonyl (C=O) groups excluding carboxylic acids is 1. The van der Waals surface area contributed by atoms with E-state index in [1.807, 2.05) is 12.1 Å². The van der Waals surface area contributed by atoms with Crippen LogP contribution in [0.25, 0.3) is 0 Å². The van der Waals surface area contributed by atoms with Gasteiger partial charge in [-0.3, -0.25) is 4.79 Å². The third kappa shape index (κ3) is 5.29. The third-order valence-corrected chi connectivity index (χ3v) is 15.5. The van der Waals surface area contributed by atoms with Gasteiger partial charge < -0.3 is 15.5 Å². The Kier molecular flexibility index (Phi) is 8.40. The van der Waals surface area contributed by atoms with Gasteiger partial charge in [0.15, 0.2) is 0 Å². The van der Waals surface area contributed by atoms with Gasteiger partial charge in [-0.25, -0.2) is 4.79 Å². The number of amides is 1. The van der Waals surface area contributed by atoms with Crippen LogP contribution >= 0.6 is 11.6 Å². The van der Waals surface area contributed by atoms with Crippen LogP contribution in [0.2, 0.25) is 5.02 Å². The topological polar surface area (TPSA) is 86.6 Å². The molecule has 3 N–H and O–H groups in total. The number of hydrogen-bond acceptors (Lipinski definition) is 3. The number of allylic oxidation sites excluding steroid dienone is 2. The van der Waals surface area contributed by atoms with E-state index in [2.05, 4.69) is 59.9 Å². The molecule has 6 rings (SSSR count). The van der Waals surface area contributed by atoms with Crippen LogP contribution in [-0.4, -0.2) is 34.2 Å². The first-order chi connectivity index (χ1) is 21.4. The minimum atomic E-state index is -1.01. The lowest BCUT2D eigenvalue weighted by molar-refractivity contribution is -0.203. The normalized spacial score (nSPS) is 41.5. The van der Waals surface area contributed by atoms with Gasteiger partial charge in [0, 0.05) is 17.9 Å². The Morgan fingerprint density at radius 3 is 2.37 bits per heavy atom. The van der Waals surface area contributed by atoms with E-state index >= 15 is 0 Å². The quantitative estimate of drug-likeness (QED) is 0.268. The van der Waals surface area contributed by atoms with E-state index < -0.39 is 12.0 Å². The van der Waals surface area contributed by atoms with Gasteiger partial charge in [0.2, 0.25) is 5.91 Å². The van der Waals surface area contributed by atoms with Crippen molar-refractivity contribution in [3.05, 3.63) is 46.5 Å². The van der Waals surface area contributed by atoms with Crippen molar-refractivity contribution in [2.75, 3.05) is 0 Å². The number of rotatable bonds is 6. The number of halogens is 1. The zero-order valence-electron chi connectivity index (χ0n) is 29.3. The molecule has 0 heterocycles. The average molecular weight is 652 g/mol. The highest BCUT2D eigenvalue weighted by molar-refractivity contribution is 6.30. The highest BCUT2D eigenvalue weighted by Gasteiger charge is 2.68. The molecule has 0 spiro atoms. The van der Waals surface area contributed by atoms with Gasteiger partial charge in [-0.15, -0.1) is 0 Å². The van der Waals surface area contributed by atoms with E-state index in [1.165, 1.54) is 12.8 Å².